The normalized spacial score (nSPS) is 18.8. The smallest absolute Gasteiger partial charge is 0.147 e. The van der Waals surface area contributed by atoms with Gasteiger partial charge in [0, 0.05) is 13.2 Å². The van der Waals surface area contributed by atoms with Gasteiger partial charge in [-0.05, 0) is 45.7 Å². The van der Waals surface area contributed by atoms with Gasteiger partial charge in [-0.3, -0.25) is 4.90 Å². The maximum absolute atomic E-state index is 9.11. The third kappa shape index (κ3) is 2.84. The molecule has 0 spiro atoms. The van der Waals surface area contributed by atoms with Gasteiger partial charge in [-0.15, -0.1) is 10.2 Å². The average molecular weight is 238 g/mol. The number of hydrogen-bond acceptors (Lipinski definition) is 4. The molecule has 0 atom stereocenters. The molecule has 1 aliphatic heterocycles. The fourth-order valence-corrected chi connectivity index (χ4v) is 2.48. The molecule has 96 valence electrons. The molecule has 2 rings (SSSR count). The number of aryl methyl sites for hydroxylation is 1. The average Bonchev–Trinajstić information content (AvgIpc) is 2.71. The minimum Gasteiger partial charge on any atom is -0.396 e. The zero-order valence-corrected chi connectivity index (χ0v) is 10.8. The third-order valence-electron chi connectivity index (χ3n) is 3.66. The van der Waals surface area contributed by atoms with E-state index in [-0.39, 0.29) is 0 Å². The Morgan fingerprint density at radius 3 is 2.59 bits per heavy atom. The van der Waals surface area contributed by atoms with Crippen molar-refractivity contribution < 1.29 is 5.11 Å². The van der Waals surface area contributed by atoms with Gasteiger partial charge in [0.25, 0.3) is 0 Å². The van der Waals surface area contributed by atoms with Gasteiger partial charge in [0.2, 0.25) is 0 Å². The van der Waals surface area contributed by atoms with Crippen molar-refractivity contribution in [3.8, 4) is 0 Å². The highest BCUT2D eigenvalue weighted by atomic mass is 16.3. The molecule has 0 aromatic carbocycles. The largest absolute Gasteiger partial charge is 0.396 e. The molecular formula is C12H22N4O. The summed E-state index contributed by atoms with van der Waals surface area (Å²) in [5.74, 6) is 2.55. The van der Waals surface area contributed by atoms with E-state index in [2.05, 4.69) is 26.6 Å². The first-order chi connectivity index (χ1) is 8.24. The molecule has 17 heavy (non-hydrogen) atoms. The molecule has 5 nitrogen and oxygen atoms in total. The van der Waals surface area contributed by atoms with Gasteiger partial charge in [0.15, 0.2) is 0 Å². The second-order valence-corrected chi connectivity index (χ2v) is 4.81. The first kappa shape index (κ1) is 12.5. The Kier molecular flexibility index (Phi) is 4.12. The van der Waals surface area contributed by atoms with E-state index in [1.165, 1.54) is 0 Å². The van der Waals surface area contributed by atoms with Gasteiger partial charge < -0.3 is 9.67 Å². The zero-order valence-electron chi connectivity index (χ0n) is 10.8. The summed E-state index contributed by atoms with van der Waals surface area (Å²) >= 11 is 0. The molecule has 1 N–H and O–H groups in total. The molecule has 1 saturated heterocycles. The molecular weight excluding hydrogens is 216 g/mol. The summed E-state index contributed by atoms with van der Waals surface area (Å²) < 4.78 is 2.16. The lowest BCUT2D eigenvalue weighted by molar-refractivity contribution is 0.124. The lowest BCUT2D eigenvalue weighted by Gasteiger charge is -2.30. The molecule has 0 saturated carbocycles. The lowest BCUT2D eigenvalue weighted by Crippen LogP contribution is -2.35. The van der Waals surface area contributed by atoms with Crippen LogP contribution in [0.15, 0.2) is 0 Å². The highest BCUT2D eigenvalue weighted by Gasteiger charge is 2.20. The van der Waals surface area contributed by atoms with Crippen LogP contribution in [0.25, 0.3) is 0 Å². The van der Waals surface area contributed by atoms with Crippen molar-refractivity contribution in [2.75, 3.05) is 19.7 Å². The van der Waals surface area contributed by atoms with Gasteiger partial charge in [-0.2, -0.15) is 0 Å². The minimum atomic E-state index is 0.331. The van der Waals surface area contributed by atoms with E-state index >= 15 is 0 Å². The van der Waals surface area contributed by atoms with Gasteiger partial charge >= 0.3 is 0 Å². The SMILES string of the molecule is CCn1c(C)nnc1CN1CCC(CO)CC1. The molecule has 5 heteroatoms. The second-order valence-electron chi connectivity index (χ2n) is 4.81. The Bertz CT molecular complexity index is 355. The van der Waals surface area contributed by atoms with Crippen LogP contribution in [0.5, 0.6) is 0 Å². The Morgan fingerprint density at radius 2 is 2.00 bits per heavy atom. The number of likely N-dealkylation sites (tertiary alicyclic amines) is 1. The van der Waals surface area contributed by atoms with Crippen molar-refractivity contribution in [3.05, 3.63) is 11.6 Å². The van der Waals surface area contributed by atoms with Crippen molar-refractivity contribution in [1.82, 2.24) is 19.7 Å². The van der Waals surface area contributed by atoms with Crippen molar-refractivity contribution >= 4 is 0 Å². The molecule has 1 aromatic rings. The van der Waals surface area contributed by atoms with Crippen LogP contribution in [-0.2, 0) is 13.1 Å². The summed E-state index contributed by atoms with van der Waals surface area (Å²) in [4.78, 5) is 2.40. The molecule has 2 heterocycles. The third-order valence-corrected chi connectivity index (χ3v) is 3.66. The molecule has 1 fully saturated rings. The first-order valence-electron chi connectivity index (χ1n) is 6.46. The zero-order chi connectivity index (χ0) is 12.3. The maximum Gasteiger partial charge on any atom is 0.147 e. The predicted octanol–water partition coefficient (Wildman–Crippen LogP) is 0.811. The van der Waals surface area contributed by atoms with Crippen LogP contribution < -0.4 is 0 Å². The Balaban J connectivity index is 1.93. The lowest BCUT2D eigenvalue weighted by atomic mass is 9.98. The van der Waals surface area contributed by atoms with E-state index < -0.39 is 0 Å². The highest BCUT2D eigenvalue weighted by Crippen LogP contribution is 2.18. The van der Waals surface area contributed by atoms with Crippen LogP contribution in [-0.4, -0.2) is 44.5 Å². The van der Waals surface area contributed by atoms with Gasteiger partial charge in [-0.1, -0.05) is 0 Å². The first-order valence-corrected chi connectivity index (χ1v) is 6.46. The number of aliphatic hydroxyl groups is 1. The molecule has 0 bridgehead atoms. The van der Waals surface area contributed by atoms with Gasteiger partial charge in [0.05, 0.1) is 6.54 Å². The Morgan fingerprint density at radius 1 is 1.29 bits per heavy atom. The second kappa shape index (κ2) is 5.60. The van der Waals surface area contributed by atoms with E-state index in [1.54, 1.807) is 0 Å². The molecule has 0 amide bonds. The van der Waals surface area contributed by atoms with Crippen LogP contribution in [0.3, 0.4) is 0 Å². The topological polar surface area (TPSA) is 54.2 Å². The van der Waals surface area contributed by atoms with Crippen LogP contribution in [0.2, 0.25) is 0 Å². The van der Waals surface area contributed by atoms with Gasteiger partial charge in [-0.25, -0.2) is 0 Å². The van der Waals surface area contributed by atoms with E-state index in [4.69, 9.17) is 5.11 Å². The molecule has 0 unspecified atom stereocenters. The highest BCUT2D eigenvalue weighted by molar-refractivity contribution is 4.94. The molecule has 0 aliphatic carbocycles. The molecule has 1 aromatic heterocycles. The van der Waals surface area contributed by atoms with Crippen LogP contribution >= 0.6 is 0 Å². The summed E-state index contributed by atoms with van der Waals surface area (Å²) in [6, 6.07) is 0. The number of aromatic nitrogens is 3. The predicted molar refractivity (Wildman–Crippen MR) is 65.5 cm³/mol. The minimum absolute atomic E-state index is 0.331. The van der Waals surface area contributed by atoms with Crippen molar-refractivity contribution in [3.63, 3.8) is 0 Å². The van der Waals surface area contributed by atoms with Crippen LogP contribution in [0, 0.1) is 12.8 Å². The standard InChI is InChI=1S/C12H22N4O/c1-3-16-10(2)13-14-12(16)8-15-6-4-11(9-17)5-7-15/h11,17H,3-9H2,1-2H3. The van der Waals surface area contributed by atoms with E-state index in [0.29, 0.717) is 12.5 Å². The Hall–Kier alpha value is -0.940. The maximum atomic E-state index is 9.11. The number of hydrogen-bond donors (Lipinski definition) is 1. The van der Waals surface area contributed by atoms with Crippen LogP contribution in [0.1, 0.15) is 31.4 Å². The summed E-state index contributed by atoms with van der Waals surface area (Å²) in [6.45, 7) is 8.38. The molecule has 0 radical (unpaired) electrons. The number of nitrogens with zero attached hydrogens (tertiary/aromatic N) is 4. The molecule has 1 aliphatic rings. The van der Waals surface area contributed by atoms with Crippen molar-refractivity contribution in [2.45, 2.75) is 39.8 Å². The van der Waals surface area contributed by atoms with Crippen molar-refractivity contribution in [2.24, 2.45) is 5.92 Å². The quantitative estimate of drug-likeness (QED) is 0.843. The number of aliphatic hydroxyl groups excluding tert-OH is 1. The fourth-order valence-electron chi connectivity index (χ4n) is 2.48. The summed E-state index contributed by atoms with van der Waals surface area (Å²) in [5.41, 5.74) is 0. The monoisotopic (exact) mass is 238 g/mol. The number of rotatable bonds is 4. The Labute approximate surface area is 102 Å². The summed E-state index contributed by atoms with van der Waals surface area (Å²) in [7, 11) is 0. The fraction of sp³-hybridized carbons (Fsp3) is 0.833. The van der Waals surface area contributed by atoms with E-state index in [1.807, 2.05) is 6.92 Å². The van der Waals surface area contributed by atoms with Crippen LogP contribution in [0.4, 0.5) is 0 Å². The van der Waals surface area contributed by atoms with E-state index in [0.717, 1.165) is 50.7 Å². The van der Waals surface area contributed by atoms with Gasteiger partial charge in [0.1, 0.15) is 11.6 Å². The summed E-state index contributed by atoms with van der Waals surface area (Å²) in [5, 5.41) is 17.5. The number of piperidine rings is 1. The summed E-state index contributed by atoms with van der Waals surface area (Å²) in [6.07, 6.45) is 2.19. The van der Waals surface area contributed by atoms with E-state index in [9.17, 15) is 0 Å². The van der Waals surface area contributed by atoms with Crippen molar-refractivity contribution in [1.29, 1.82) is 0 Å².